The zero-order chi connectivity index (χ0) is 16.4. The Morgan fingerprint density at radius 1 is 1.33 bits per heavy atom. The Hall–Kier alpha value is -2.64. The lowest BCUT2D eigenvalue weighted by molar-refractivity contribution is -0.384. The summed E-state index contributed by atoms with van der Waals surface area (Å²) in [7, 11) is 1.34. The summed E-state index contributed by atoms with van der Waals surface area (Å²) in [6, 6.07) is 3.23. The molecule has 0 aliphatic heterocycles. The molecule has 0 radical (unpaired) electrons. The maximum atomic E-state index is 11.9. The molecule has 0 bridgehead atoms. The third-order valence-electron chi connectivity index (χ3n) is 2.45. The van der Waals surface area contributed by atoms with Crippen LogP contribution in [-0.4, -0.2) is 34.7 Å². The molecule has 8 nitrogen and oxygen atoms in total. The Morgan fingerprint density at radius 3 is 2.33 bits per heavy atom. The van der Waals surface area contributed by atoms with Gasteiger partial charge >= 0.3 is 12.1 Å². The number of rotatable bonds is 3. The molecule has 1 amide bonds. The topological polar surface area (TPSA) is 110 Å². The summed E-state index contributed by atoms with van der Waals surface area (Å²) in [6.45, 7) is 5.02. The molecule has 0 saturated carbocycles. The average molecular weight is 296 g/mol. The second kappa shape index (κ2) is 5.78. The van der Waals surface area contributed by atoms with Crippen molar-refractivity contribution in [2.24, 2.45) is 0 Å². The maximum absolute atomic E-state index is 11.9. The minimum atomic E-state index is -1.37. The molecule has 0 aliphatic carbocycles. The molecule has 0 aliphatic rings. The minimum absolute atomic E-state index is 0.0161. The molecule has 1 aromatic carbocycles. The van der Waals surface area contributed by atoms with Crippen molar-refractivity contribution in [1.29, 1.82) is 0 Å². The van der Waals surface area contributed by atoms with Crippen LogP contribution in [0.1, 0.15) is 31.1 Å². The van der Waals surface area contributed by atoms with Gasteiger partial charge in [-0.3, -0.25) is 15.0 Å². The molecule has 1 rings (SSSR count). The van der Waals surface area contributed by atoms with Crippen molar-refractivity contribution < 1.29 is 24.4 Å². The van der Waals surface area contributed by atoms with Crippen LogP contribution in [0.3, 0.4) is 0 Å². The van der Waals surface area contributed by atoms with Crippen molar-refractivity contribution >= 4 is 23.4 Å². The van der Waals surface area contributed by atoms with Gasteiger partial charge in [-0.15, -0.1) is 0 Å². The molecule has 0 spiro atoms. The van der Waals surface area contributed by atoms with Crippen LogP contribution in [0.2, 0.25) is 0 Å². The first-order valence-corrected chi connectivity index (χ1v) is 6.01. The van der Waals surface area contributed by atoms with Gasteiger partial charge in [-0.25, -0.2) is 9.59 Å². The molecular weight excluding hydrogens is 280 g/mol. The van der Waals surface area contributed by atoms with Gasteiger partial charge in [0.15, 0.2) is 0 Å². The average Bonchev–Trinajstić information content (AvgIpc) is 2.34. The highest BCUT2D eigenvalue weighted by Crippen LogP contribution is 2.26. The first-order chi connectivity index (χ1) is 9.53. The standard InChI is InChI=1S/C13H16N2O6/c1-13(2,3)21-12(18)14(4)10-6-5-8(15(19)20)7-9(10)11(16)17/h5-7H,1-4H3,(H,16,17). The highest BCUT2D eigenvalue weighted by Gasteiger charge is 2.25. The van der Waals surface area contributed by atoms with Crippen LogP contribution in [-0.2, 0) is 4.74 Å². The predicted octanol–water partition coefficient (Wildman–Crippen LogP) is 2.66. The van der Waals surface area contributed by atoms with Gasteiger partial charge in [-0.05, 0) is 26.8 Å². The third-order valence-corrected chi connectivity index (χ3v) is 2.45. The Bertz CT molecular complexity index is 591. The fourth-order valence-electron chi connectivity index (χ4n) is 1.53. The summed E-state index contributed by atoms with van der Waals surface area (Å²) in [4.78, 5) is 34.1. The van der Waals surface area contributed by atoms with Gasteiger partial charge in [0.05, 0.1) is 16.2 Å². The quantitative estimate of drug-likeness (QED) is 0.678. The van der Waals surface area contributed by atoms with Crippen molar-refractivity contribution in [2.45, 2.75) is 26.4 Å². The molecule has 0 heterocycles. The van der Waals surface area contributed by atoms with Crippen molar-refractivity contribution in [3.8, 4) is 0 Å². The molecule has 114 valence electrons. The Labute approximate surface area is 121 Å². The summed E-state index contributed by atoms with van der Waals surface area (Å²) in [5.41, 5.74) is -1.44. The molecular formula is C13H16N2O6. The van der Waals surface area contributed by atoms with Crippen molar-refractivity contribution in [1.82, 2.24) is 0 Å². The van der Waals surface area contributed by atoms with Crippen LogP contribution in [0.25, 0.3) is 0 Å². The highest BCUT2D eigenvalue weighted by atomic mass is 16.6. The number of ether oxygens (including phenoxy) is 1. The predicted molar refractivity (Wildman–Crippen MR) is 74.7 cm³/mol. The lowest BCUT2D eigenvalue weighted by Gasteiger charge is -2.25. The van der Waals surface area contributed by atoms with Crippen LogP contribution in [0.4, 0.5) is 16.2 Å². The molecule has 0 fully saturated rings. The number of nitro benzene ring substituents is 1. The number of carboxylic acid groups (broad SMARTS) is 1. The smallest absolute Gasteiger partial charge is 0.414 e. The maximum Gasteiger partial charge on any atom is 0.414 e. The highest BCUT2D eigenvalue weighted by molar-refractivity contribution is 6.00. The monoisotopic (exact) mass is 296 g/mol. The number of non-ortho nitro benzene ring substituents is 1. The lowest BCUT2D eigenvalue weighted by atomic mass is 10.1. The molecule has 0 unspecified atom stereocenters. The van der Waals surface area contributed by atoms with Gasteiger partial charge in [0.25, 0.3) is 5.69 Å². The fourth-order valence-corrected chi connectivity index (χ4v) is 1.53. The zero-order valence-electron chi connectivity index (χ0n) is 12.1. The summed E-state index contributed by atoms with van der Waals surface area (Å²) < 4.78 is 5.13. The summed E-state index contributed by atoms with van der Waals surface area (Å²) >= 11 is 0. The van der Waals surface area contributed by atoms with Gasteiger partial charge in [0.2, 0.25) is 0 Å². The molecule has 1 N–H and O–H groups in total. The number of anilines is 1. The first-order valence-electron chi connectivity index (χ1n) is 6.01. The summed E-state index contributed by atoms with van der Waals surface area (Å²) in [6.07, 6.45) is -0.751. The molecule has 0 aromatic heterocycles. The number of hydrogen-bond donors (Lipinski definition) is 1. The Balaban J connectivity index is 3.20. The summed E-state index contributed by atoms with van der Waals surface area (Å²) in [5.74, 6) is -1.37. The number of nitrogens with zero attached hydrogens (tertiary/aromatic N) is 2. The second-order valence-corrected chi connectivity index (χ2v) is 5.30. The molecule has 8 heteroatoms. The van der Waals surface area contributed by atoms with E-state index >= 15 is 0 Å². The van der Waals surface area contributed by atoms with E-state index in [1.807, 2.05) is 0 Å². The Kier molecular flexibility index (Phi) is 4.52. The summed E-state index contributed by atoms with van der Waals surface area (Å²) in [5, 5.41) is 19.8. The second-order valence-electron chi connectivity index (χ2n) is 5.30. The first kappa shape index (κ1) is 16.4. The van der Waals surface area contributed by atoms with Gasteiger partial charge in [0, 0.05) is 19.2 Å². The van der Waals surface area contributed by atoms with Crippen LogP contribution in [0.15, 0.2) is 18.2 Å². The van der Waals surface area contributed by atoms with E-state index in [4.69, 9.17) is 9.84 Å². The van der Waals surface area contributed by atoms with E-state index < -0.39 is 22.6 Å². The normalized spacial score (nSPS) is 10.9. The number of carboxylic acids is 1. The molecule has 0 atom stereocenters. The lowest BCUT2D eigenvalue weighted by Crippen LogP contribution is -2.34. The number of aromatic carboxylic acids is 1. The van der Waals surface area contributed by atoms with Crippen LogP contribution in [0.5, 0.6) is 0 Å². The van der Waals surface area contributed by atoms with Crippen molar-refractivity contribution in [3.63, 3.8) is 0 Å². The van der Waals surface area contributed by atoms with Crippen LogP contribution >= 0.6 is 0 Å². The zero-order valence-corrected chi connectivity index (χ0v) is 12.1. The number of nitro groups is 1. The largest absolute Gasteiger partial charge is 0.478 e. The van der Waals surface area contributed by atoms with E-state index in [-0.39, 0.29) is 16.9 Å². The number of amides is 1. The van der Waals surface area contributed by atoms with Crippen LogP contribution in [0, 0.1) is 10.1 Å². The van der Waals surface area contributed by atoms with Crippen molar-refractivity contribution in [2.75, 3.05) is 11.9 Å². The fraction of sp³-hybridized carbons (Fsp3) is 0.385. The minimum Gasteiger partial charge on any atom is -0.478 e. The van der Waals surface area contributed by atoms with Crippen LogP contribution < -0.4 is 4.90 Å². The van der Waals surface area contributed by atoms with E-state index in [1.54, 1.807) is 20.8 Å². The van der Waals surface area contributed by atoms with Crippen molar-refractivity contribution in [3.05, 3.63) is 33.9 Å². The van der Waals surface area contributed by atoms with Gasteiger partial charge in [-0.2, -0.15) is 0 Å². The Morgan fingerprint density at radius 2 is 1.90 bits per heavy atom. The molecule has 0 saturated heterocycles. The SMILES string of the molecule is CN(C(=O)OC(C)(C)C)c1ccc([N+](=O)[O-])cc1C(=O)O. The van der Waals surface area contributed by atoms with Gasteiger partial charge in [-0.1, -0.05) is 0 Å². The molecule has 21 heavy (non-hydrogen) atoms. The van der Waals surface area contributed by atoms with E-state index in [9.17, 15) is 19.7 Å². The van der Waals surface area contributed by atoms with E-state index in [0.717, 1.165) is 17.0 Å². The van der Waals surface area contributed by atoms with E-state index in [2.05, 4.69) is 0 Å². The molecule has 1 aromatic rings. The number of carbonyl (C=O) groups excluding carboxylic acids is 1. The number of carbonyl (C=O) groups is 2. The number of benzene rings is 1. The van der Waals surface area contributed by atoms with Gasteiger partial charge in [0.1, 0.15) is 5.60 Å². The van der Waals surface area contributed by atoms with E-state index in [1.165, 1.54) is 13.1 Å². The number of hydrogen-bond acceptors (Lipinski definition) is 5. The van der Waals surface area contributed by atoms with E-state index in [0.29, 0.717) is 0 Å². The van der Waals surface area contributed by atoms with Gasteiger partial charge < -0.3 is 9.84 Å². The third kappa shape index (κ3) is 4.16.